The maximum absolute atomic E-state index is 13.6. The second-order valence-electron chi connectivity index (χ2n) is 9.78. The Kier molecular flexibility index (Phi) is 5.12. The van der Waals surface area contributed by atoms with Crippen molar-refractivity contribution in [2.24, 2.45) is 7.05 Å². The zero-order valence-corrected chi connectivity index (χ0v) is 21.7. The third-order valence-corrected chi connectivity index (χ3v) is 7.36. The van der Waals surface area contributed by atoms with E-state index < -0.39 is 0 Å². The highest BCUT2D eigenvalue weighted by Gasteiger charge is 2.32. The molecule has 1 amide bonds. The van der Waals surface area contributed by atoms with Crippen molar-refractivity contribution < 1.29 is 9.21 Å². The molecule has 0 saturated heterocycles. The summed E-state index contributed by atoms with van der Waals surface area (Å²) in [4.78, 5) is 28.1. The Balaban J connectivity index is 1.27. The lowest BCUT2D eigenvalue weighted by Crippen LogP contribution is -2.23. The van der Waals surface area contributed by atoms with Gasteiger partial charge in [-0.2, -0.15) is 5.10 Å². The van der Waals surface area contributed by atoms with Crippen molar-refractivity contribution in [3.05, 3.63) is 95.8 Å². The summed E-state index contributed by atoms with van der Waals surface area (Å²) in [5, 5.41) is 8.64. The average Bonchev–Trinajstić information content (AvgIpc) is 3.73. The number of benzene rings is 2. The fourth-order valence-electron chi connectivity index (χ4n) is 5.29. The number of fused-ring (bicyclic) bond motifs is 2. The quantitative estimate of drug-likeness (QED) is 0.286. The van der Waals surface area contributed by atoms with E-state index in [0.29, 0.717) is 23.9 Å². The molecule has 5 heterocycles. The molecule has 1 aliphatic heterocycles. The van der Waals surface area contributed by atoms with Gasteiger partial charge in [0.25, 0.3) is 5.91 Å². The molecular weight excluding hydrogens is 490 g/mol. The molecule has 0 atom stereocenters. The van der Waals surface area contributed by atoms with Crippen molar-refractivity contribution in [2.45, 2.75) is 20.4 Å². The smallest absolute Gasteiger partial charge is 0.259 e. The van der Waals surface area contributed by atoms with Crippen LogP contribution in [0, 0.1) is 13.8 Å². The van der Waals surface area contributed by atoms with Crippen LogP contribution in [0.25, 0.3) is 33.3 Å². The molecule has 0 spiro atoms. The highest BCUT2D eigenvalue weighted by molar-refractivity contribution is 6.15. The number of anilines is 3. The molecule has 2 aromatic carbocycles. The number of H-pyrrole nitrogens is 1. The standard InChI is InChI=1S/C30H25N7O2/c1-17-13-32-30(33-26-12-18(2)36(3)35-26)34-27(17)23-14-31-28-21(23)7-5-9-25(28)37-15-24-20(19-10-11-39-16-19)6-4-8-22(24)29(37)38/h4-14,16,31H,15H2,1-3H3,(H,32,33,34,35). The summed E-state index contributed by atoms with van der Waals surface area (Å²) in [5.74, 6) is 1.14. The summed E-state index contributed by atoms with van der Waals surface area (Å²) in [6.07, 6.45) is 7.12. The third kappa shape index (κ3) is 3.70. The molecule has 0 radical (unpaired) electrons. The number of furan rings is 1. The maximum atomic E-state index is 13.6. The Morgan fingerprint density at radius 3 is 2.69 bits per heavy atom. The average molecular weight is 516 g/mol. The monoisotopic (exact) mass is 515 g/mol. The summed E-state index contributed by atoms with van der Waals surface area (Å²) in [5.41, 5.74) is 9.12. The number of rotatable bonds is 5. The molecule has 39 heavy (non-hydrogen) atoms. The van der Waals surface area contributed by atoms with E-state index in [1.165, 1.54) is 0 Å². The van der Waals surface area contributed by atoms with Crippen LogP contribution in [0.3, 0.4) is 0 Å². The number of aromatic nitrogens is 5. The zero-order chi connectivity index (χ0) is 26.7. The molecule has 1 aliphatic rings. The van der Waals surface area contributed by atoms with Gasteiger partial charge in [-0.1, -0.05) is 24.3 Å². The minimum Gasteiger partial charge on any atom is -0.472 e. The number of aryl methyl sites for hydroxylation is 3. The molecule has 4 aromatic heterocycles. The SMILES string of the molecule is Cc1cnc(Nc2cc(C)n(C)n2)nc1-c1c[nH]c2c(N3Cc4c(cccc4-c4ccoc4)C3=O)cccc12. The molecule has 9 nitrogen and oxygen atoms in total. The van der Waals surface area contributed by atoms with Crippen LogP contribution in [0.5, 0.6) is 0 Å². The molecular formula is C30H25N7O2. The molecule has 7 rings (SSSR count). The first kappa shape index (κ1) is 23.0. The van der Waals surface area contributed by atoms with Crippen molar-refractivity contribution in [1.82, 2.24) is 24.7 Å². The van der Waals surface area contributed by atoms with Crippen molar-refractivity contribution in [3.63, 3.8) is 0 Å². The van der Waals surface area contributed by atoms with Gasteiger partial charge in [0.2, 0.25) is 5.95 Å². The van der Waals surface area contributed by atoms with Crippen LogP contribution in [-0.4, -0.2) is 30.6 Å². The predicted molar refractivity (Wildman–Crippen MR) is 150 cm³/mol. The Bertz CT molecular complexity index is 1860. The van der Waals surface area contributed by atoms with Gasteiger partial charge in [-0.05, 0) is 48.7 Å². The van der Waals surface area contributed by atoms with E-state index in [1.54, 1.807) is 23.4 Å². The number of para-hydroxylation sites is 1. The number of hydrogen-bond acceptors (Lipinski definition) is 6. The van der Waals surface area contributed by atoms with Gasteiger partial charge >= 0.3 is 0 Å². The van der Waals surface area contributed by atoms with E-state index >= 15 is 0 Å². The fraction of sp³-hybridized carbons (Fsp3) is 0.133. The van der Waals surface area contributed by atoms with Gasteiger partial charge in [0, 0.05) is 53.3 Å². The fourth-order valence-corrected chi connectivity index (χ4v) is 5.29. The van der Waals surface area contributed by atoms with Gasteiger partial charge in [-0.15, -0.1) is 0 Å². The van der Waals surface area contributed by atoms with Crippen molar-refractivity contribution >= 4 is 34.3 Å². The van der Waals surface area contributed by atoms with Gasteiger partial charge in [0.05, 0.1) is 36.0 Å². The molecule has 0 unspecified atom stereocenters. The van der Waals surface area contributed by atoms with Crippen LogP contribution < -0.4 is 10.2 Å². The summed E-state index contributed by atoms with van der Waals surface area (Å²) in [6.45, 7) is 4.46. The van der Waals surface area contributed by atoms with Crippen LogP contribution in [0.2, 0.25) is 0 Å². The molecule has 192 valence electrons. The molecule has 6 aromatic rings. The largest absolute Gasteiger partial charge is 0.472 e. The van der Waals surface area contributed by atoms with Crippen molar-refractivity contribution in [2.75, 3.05) is 10.2 Å². The molecule has 0 saturated carbocycles. The Morgan fingerprint density at radius 1 is 1.05 bits per heavy atom. The summed E-state index contributed by atoms with van der Waals surface area (Å²) >= 11 is 0. The van der Waals surface area contributed by atoms with E-state index in [4.69, 9.17) is 9.40 Å². The third-order valence-electron chi connectivity index (χ3n) is 7.36. The summed E-state index contributed by atoms with van der Waals surface area (Å²) in [6, 6.07) is 15.7. The maximum Gasteiger partial charge on any atom is 0.259 e. The van der Waals surface area contributed by atoms with E-state index in [1.807, 2.05) is 80.5 Å². The second-order valence-corrected chi connectivity index (χ2v) is 9.78. The highest BCUT2D eigenvalue weighted by Crippen LogP contribution is 2.40. The number of hydrogen-bond donors (Lipinski definition) is 2. The lowest BCUT2D eigenvalue weighted by atomic mass is 9.99. The van der Waals surface area contributed by atoms with Crippen LogP contribution in [-0.2, 0) is 13.6 Å². The molecule has 2 N–H and O–H groups in total. The van der Waals surface area contributed by atoms with Gasteiger partial charge in [-0.3, -0.25) is 9.48 Å². The van der Waals surface area contributed by atoms with Gasteiger partial charge < -0.3 is 19.6 Å². The normalized spacial score (nSPS) is 12.9. The number of nitrogens with zero attached hydrogens (tertiary/aromatic N) is 5. The minimum absolute atomic E-state index is 0.0191. The van der Waals surface area contributed by atoms with Crippen molar-refractivity contribution in [1.29, 1.82) is 0 Å². The van der Waals surface area contributed by atoms with Crippen LogP contribution >= 0.6 is 0 Å². The van der Waals surface area contributed by atoms with Crippen LogP contribution in [0.1, 0.15) is 27.2 Å². The first-order valence-electron chi connectivity index (χ1n) is 12.7. The van der Waals surface area contributed by atoms with E-state index in [0.717, 1.165) is 55.8 Å². The lowest BCUT2D eigenvalue weighted by Gasteiger charge is -2.17. The molecule has 0 fully saturated rings. The number of carbonyl (C=O) groups excluding carboxylic acids is 1. The molecule has 0 bridgehead atoms. The second kappa shape index (κ2) is 8.70. The first-order valence-corrected chi connectivity index (χ1v) is 12.7. The topological polar surface area (TPSA) is 105 Å². The van der Waals surface area contributed by atoms with E-state index in [9.17, 15) is 4.79 Å². The first-order chi connectivity index (χ1) is 19.0. The number of nitrogens with one attached hydrogen (secondary N) is 2. The predicted octanol–water partition coefficient (Wildman–Crippen LogP) is 6.14. The lowest BCUT2D eigenvalue weighted by molar-refractivity contribution is 0.0997. The Hall–Kier alpha value is -5.18. The number of carbonyl (C=O) groups is 1. The molecule has 9 heteroatoms. The number of aromatic amines is 1. The van der Waals surface area contributed by atoms with Crippen LogP contribution in [0.4, 0.5) is 17.5 Å². The summed E-state index contributed by atoms with van der Waals surface area (Å²) in [7, 11) is 1.90. The summed E-state index contributed by atoms with van der Waals surface area (Å²) < 4.78 is 7.10. The zero-order valence-electron chi connectivity index (χ0n) is 21.7. The van der Waals surface area contributed by atoms with Gasteiger partial charge in [0.1, 0.15) is 0 Å². The highest BCUT2D eigenvalue weighted by atomic mass is 16.3. The molecule has 0 aliphatic carbocycles. The van der Waals surface area contributed by atoms with Crippen LogP contribution in [0.15, 0.2) is 77.9 Å². The Labute approximate surface area is 224 Å². The van der Waals surface area contributed by atoms with E-state index in [2.05, 4.69) is 20.4 Å². The van der Waals surface area contributed by atoms with Crippen molar-refractivity contribution in [3.8, 4) is 22.4 Å². The minimum atomic E-state index is -0.0191. The Morgan fingerprint density at radius 2 is 1.90 bits per heavy atom. The number of amides is 1. The van der Waals surface area contributed by atoms with E-state index in [-0.39, 0.29) is 5.91 Å². The van der Waals surface area contributed by atoms with Gasteiger partial charge in [-0.25, -0.2) is 9.97 Å². The van der Waals surface area contributed by atoms with Gasteiger partial charge in [0.15, 0.2) is 5.82 Å².